The molecule has 4 rings (SSSR count). The average Bonchev–Trinajstić information content (AvgIpc) is 3.12. The molecule has 0 atom stereocenters. The van der Waals surface area contributed by atoms with Gasteiger partial charge in [0, 0.05) is 41.9 Å². The first-order chi connectivity index (χ1) is 16.1. The standard InChI is InChI=1S/C25H26N4O4/c30-25(18-33-24-11-7-9-19-8-3-4-10-22(19)24)27-26-17-20-16-21(29(31)32)12-13-23(20)28-14-5-1-2-6-15-28/h3-4,7-13,16-17H,1-2,5-6,14-15,18H2,(H,27,30). The quantitative estimate of drug-likeness (QED) is 0.323. The first-order valence-electron chi connectivity index (χ1n) is 11.1. The molecule has 3 aromatic carbocycles. The van der Waals surface area contributed by atoms with Crippen LogP contribution >= 0.6 is 0 Å². The molecule has 0 unspecified atom stereocenters. The van der Waals surface area contributed by atoms with Gasteiger partial charge in [0.2, 0.25) is 0 Å². The summed E-state index contributed by atoms with van der Waals surface area (Å²) in [5.41, 5.74) is 3.92. The van der Waals surface area contributed by atoms with Gasteiger partial charge in [-0.3, -0.25) is 14.9 Å². The van der Waals surface area contributed by atoms with Gasteiger partial charge >= 0.3 is 0 Å². The summed E-state index contributed by atoms with van der Waals surface area (Å²) in [6.45, 7) is 1.59. The Morgan fingerprint density at radius 3 is 2.61 bits per heavy atom. The van der Waals surface area contributed by atoms with E-state index in [0.717, 1.165) is 42.4 Å². The Kier molecular flexibility index (Phi) is 7.14. The number of hydrogen-bond acceptors (Lipinski definition) is 6. The smallest absolute Gasteiger partial charge is 0.277 e. The molecule has 33 heavy (non-hydrogen) atoms. The van der Waals surface area contributed by atoms with E-state index in [9.17, 15) is 14.9 Å². The summed E-state index contributed by atoms with van der Waals surface area (Å²) in [6.07, 6.45) is 5.98. The number of amides is 1. The normalized spacial score (nSPS) is 14.2. The van der Waals surface area contributed by atoms with Crippen LogP contribution in [0.25, 0.3) is 10.8 Å². The lowest BCUT2D eigenvalue weighted by molar-refractivity contribution is -0.384. The zero-order chi connectivity index (χ0) is 23.0. The fraction of sp³-hybridized carbons (Fsp3) is 0.280. The molecule has 0 aliphatic carbocycles. The molecular weight excluding hydrogens is 420 g/mol. The molecule has 8 heteroatoms. The van der Waals surface area contributed by atoms with Crippen molar-refractivity contribution >= 4 is 34.3 Å². The predicted molar refractivity (Wildman–Crippen MR) is 129 cm³/mol. The number of non-ortho nitro benzene ring substituents is 1. The SMILES string of the molecule is O=C(COc1cccc2ccccc12)NN=Cc1cc([N+](=O)[O-])ccc1N1CCCCCC1. The van der Waals surface area contributed by atoms with Crippen molar-refractivity contribution in [3.8, 4) is 5.75 Å². The molecule has 3 aromatic rings. The van der Waals surface area contributed by atoms with E-state index in [1.54, 1.807) is 6.07 Å². The largest absolute Gasteiger partial charge is 0.483 e. The number of fused-ring (bicyclic) bond motifs is 1. The van der Waals surface area contributed by atoms with Crippen LogP contribution in [0.4, 0.5) is 11.4 Å². The van der Waals surface area contributed by atoms with Crippen molar-refractivity contribution in [2.24, 2.45) is 5.10 Å². The first kappa shape index (κ1) is 22.3. The zero-order valence-corrected chi connectivity index (χ0v) is 18.3. The number of carbonyl (C=O) groups is 1. The monoisotopic (exact) mass is 446 g/mol. The van der Waals surface area contributed by atoms with Crippen molar-refractivity contribution in [3.05, 3.63) is 76.3 Å². The summed E-state index contributed by atoms with van der Waals surface area (Å²) in [7, 11) is 0. The van der Waals surface area contributed by atoms with E-state index < -0.39 is 10.8 Å². The van der Waals surface area contributed by atoms with E-state index in [4.69, 9.17) is 4.74 Å². The highest BCUT2D eigenvalue weighted by atomic mass is 16.6. The van der Waals surface area contributed by atoms with Crippen LogP contribution in [0, 0.1) is 10.1 Å². The molecule has 0 spiro atoms. The molecule has 0 saturated carbocycles. The molecule has 0 radical (unpaired) electrons. The fourth-order valence-electron chi connectivity index (χ4n) is 4.03. The minimum absolute atomic E-state index is 0.0133. The van der Waals surface area contributed by atoms with E-state index in [1.807, 2.05) is 42.5 Å². The van der Waals surface area contributed by atoms with Crippen LogP contribution in [-0.2, 0) is 4.79 Å². The number of hydrazone groups is 1. The third kappa shape index (κ3) is 5.65. The van der Waals surface area contributed by atoms with Gasteiger partial charge in [-0.15, -0.1) is 0 Å². The Bertz CT molecular complexity index is 1160. The third-order valence-corrected chi connectivity index (χ3v) is 5.67. The highest BCUT2D eigenvalue weighted by Gasteiger charge is 2.16. The van der Waals surface area contributed by atoms with Gasteiger partial charge in [-0.05, 0) is 30.4 Å². The lowest BCUT2D eigenvalue weighted by Crippen LogP contribution is -2.26. The Labute approximate surface area is 192 Å². The predicted octanol–water partition coefficient (Wildman–Crippen LogP) is 4.66. The van der Waals surface area contributed by atoms with E-state index in [0.29, 0.717) is 11.3 Å². The van der Waals surface area contributed by atoms with Crippen molar-refractivity contribution in [2.45, 2.75) is 25.7 Å². The van der Waals surface area contributed by atoms with Crippen LogP contribution in [0.15, 0.2) is 65.8 Å². The number of ether oxygens (including phenoxy) is 1. The summed E-state index contributed by atoms with van der Waals surface area (Å²) in [5, 5.41) is 17.2. The fourth-order valence-corrected chi connectivity index (χ4v) is 4.03. The van der Waals surface area contributed by atoms with Crippen LogP contribution in [0.3, 0.4) is 0 Å². The van der Waals surface area contributed by atoms with Crippen molar-refractivity contribution in [2.75, 3.05) is 24.6 Å². The number of nitro groups is 1. The van der Waals surface area contributed by atoms with Gasteiger partial charge in [0.25, 0.3) is 11.6 Å². The zero-order valence-electron chi connectivity index (χ0n) is 18.3. The molecule has 1 amide bonds. The number of benzene rings is 3. The lowest BCUT2D eigenvalue weighted by atomic mass is 10.1. The second-order valence-electron chi connectivity index (χ2n) is 7.96. The average molecular weight is 447 g/mol. The summed E-state index contributed by atoms with van der Waals surface area (Å²) in [4.78, 5) is 25.3. The second kappa shape index (κ2) is 10.6. The minimum atomic E-state index is -0.430. The van der Waals surface area contributed by atoms with Gasteiger partial charge < -0.3 is 9.64 Å². The maximum atomic E-state index is 12.3. The van der Waals surface area contributed by atoms with E-state index in [2.05, 4.69) is 15.4 Å². The van der Waals surface area contributed by atoms with E-state index >= 15 is 0 Å². The summed E-state index contributed by atoms with van der Waals surface area (Å²) in [5.74, 6) is 0.204. The highest BCUT2D eigenvalue weighted by Crippen LogP contribution is 2.27. The molecule has 0 aromatic heterocycles. The molecule has 0 bridgehead atoms. The number of carbonyl (C=O) groups excluding carboxylic acids is 1. The molecular formula is C25H26N4O4. The van der Waals surface area contributed by atoms with Crippen LogP contribution in [-0.4, -0.2) is 36.7 Å². The van der Waals surface area contributed by atoms with Gasteiger partial charge in [0.05, 0.1) is 11.1 Å². The molecule has 1 N–H and O–H groups in total. The van der Waals surface area contributed by atoms with Gasteiger partial charge in [-0.2, -0.15) is 5.10 Å². The molecule has 1 fully saturated rings. The lowest BCUT2D eigenvalue weighted by Gasteiger charge is -2.24. The third-order valence-electron chi connectivity index (χ3n) is 5.67. The number of nitrogens with one attached hydrogen (secondary N) is 1. The number of nitrogens with zero attached hydrogens (tertiary/aromatic N) is 3. The second-order valence-corrected chi connectivity index (χ2v) is 7.96. The number of rotatable bonds is 7. The van der Waals surface area contributed by atoms with Crippen molar-refractivity contribution in [1.82, 2.24) is 5.43 Å². The van der Waals surface area contributed by atoms with Gasteiger partial charge in [0.1, 0.15) is 5.75 Å². The molecule has 1 aliphatic rings. The molecule has 1 heterocycles. The van der Waals surface area contributed by atoms with Crippen LogP contribution < -0.4 is 15.1 Å². The maximum Gasteiger partial charge on any atom is 0.277 e. The van der Waals surface area contributed by atoms with Crippen LogP contribution in [0.1, 0.15) is 31.2 Å². The van der Waals surface area contributed by atoms with Gasteiger partial charge in [0.15, 0.2) is 6.61 Å². The maximum absolute atomic E-state index is 12.3. The Morgan fingerprint density at radius 1 is 1.06 bits per heavy atom. The number of hydrogen-bond donors (Lipinski definition) is 1. The van der Waals surface area contributed by atoms with E-state index in [1.165, 1.54) is 31.2 Å². The molecule has 1 saturated heterocycles. The Balaban J connectivity index is 1.43. The first-order valence-corrected chi connectivity index (χ1v) is 11.1. The molecule has 1 aliphatic heterocycles. The number of nitro benzene ring substituents is 1. The summed E-state index contributed by atoms with van der Waals surface area (Å²) in [6, 6.07) is 18.2. The molecule has 8 nitrogen and oxygen atoms in total. The van der Waals surface area contributed by atoms with Crippen molar-refractivity contribution < 1.29 is 14.5 Å². The van der Waals surface area contributed by atoms with E-state index in [-0.39, 0.29) is 12.3 Å². The van der Waals surface area contributed by atoms with Crippen LogP contribution in [0.2, 0.25) is 0 Å². The Hall–Kier alpha value is -3.94. The highest BCUT2D eigenvalue weighted by molar-refractivity contribution is 5.91. The van der Waals surface area contributed by atoms with Gasteiger partial charge in [-0.1, -0.05) is 49.2 Å². The molecule has 170 valence electrons. The number of anilines is 1. The van der Waals surface area contributed by atoms with Gasteiger partial charge in [-0.25, -0.2) is 5.43 Å². The summed E-state index contributed by atoms with van der Waals surface area (Å²) < 4.78 is 5.68. The van der Waals surface area contributed by atoms with Crippen LogP contribution in [0.5, 0.6) is 5.75 Å². The van der Waals surface area contributed by atoms with Crippen molar-refractivity contribution in [3.63, 3.8) is 0 Å². The Morgan fingerprint density at radius 2 is 1.82 bits per heavy atom. The summed E-state index contributed by atoms with van der Waals surface area (Å²) >= 11 is 0. The topological polar surface area (TPSA) is 97.1 Å². The van der Waals surface area contributed by atoms with Crippen molar-refractivity contribution in [1.29, 1.82) is 0 Å². The minimum Gasteiger partial charge on any atom is -0.483 e.